The van der Waals surface area contributed by atoms with Crippen molar-refractivity contribution in [2.24, 2.45) is 5.73 Å². The molecule has 0 bridgehead atoms. The normalized spacial score (nSPS) is 15.8. The Hall–Kier alpha value is -1.83. The number of carboxylic acid groups (broad SMARTS) is 1. The van der Waals surface area contributed by atoms with E-state index in [1.165, 1.54) is 4.90 Å². The number of unbranched alkanes of at least 4 members (excludes halogenated alkanes) is 1. The van der Waals surface area contributed by atoms with E-state index in [1.807, 2.05) is 6.92 Å². The van der Waals surface area contributed by atoms with Crippen molar-refractivity contribution >= 4 is 17.9 Å². The van der Waals surface area contributed by atoms with Crippen LogP contribution in [0.2, 0.25) is 0 Å². The minimum Gasteiger partial charge on any atom is -0.480 e. The van der Waals surface area contributed by atoms with Crippen molar-refractivity contribution in [3.05, 3.63) is 0 Å². The predicted molar refractivity (Wildman–Crippen MR) is 76.7 cm³/mol. The van der Waals surface area contributed by atoms with E-state index in [4.69, 9.17) is 10.8 Å². The van der Waals surface area contributed by atoms with Crippen LogP contribution in [0.4, 0.5) is 4.79 Å². The topological polar surface area (TPSA) is 107 Å². The van der Waals surface area contributed by atoms with Gasteiger partial charge in [-0.25, -0.2) is 4.79 Å². The lowest BCUT2D eigenvalue weighted by Gasteiger charge is -2.36. The van der Waals surface area contributed by atoms with Gasteiger partial charge >= 0.3 is 12.0 Å². The molecule has 3 amide bonds. The Labute approximate surface area is 124 Å². The molecule has 0 aromatic heterocycles. The highest BCUT2D eigenvalue weighted by Gasteiger charge is 2.26. The van der Waals surface area contributed by atoms with Gasteiger partial charge < -0.3 is 20.6 Å². The number of amides is 3. The van der Waals surface area contributed by atoms with Crippen molar-refractivity contribution in [1.29, 1.82) is 0 Å². The number of hydrogen-bond donors (Lipinski definition) is 2. The zero-order valence-corrected chi connectivity index (χ0v) is 12.5. The average molecular weight is 300 g/mol. The maximum atomic E-state index is 12.4. The van der Waals surface area contributed by atoms with Gasteiger partial charge in [0, 0.05) is 32.7 Å². The Kier molecular flexibility index (Phi) is 6.93. The zero-order valence-electron chi connectivity index (χ0n) is 12.5. The van der Waals surface area contributed by atoms with Crippen LogP contribution in [-0.2, 0) is 9.59 Å². The summed E-state index contributed by atoms with van der Waals surface area (Å²) in [6.45, 7) is 4.41. The Balaban J connectivity index is 2.52. The number of carbonyl (C=O) groups is 3. The lowest BCUT2D eigenvalue weighted by molar-refractivity contribution is -0.138. The molecule has 8 nitrogen and oxygen atoms in total. The zero-order chi connectivity index (χ0) is 15.8. The first-order valence-electron chi connectivity index (χ1n) is 7.20. The highest BCUT2D eigenvalue weighted by Crippen LogP contribution is 2.07. The molecule has 1 saturated heterocycles. The SMILES string of the molecule is CCCCN(CC(N)=O)C(=O)N1CCN(CC(=O)O)CC1. The van der Waals surface area contributed by atoms with Crippen LogP contribution in [-0.4, -0.2) is 83.5 Å². The second-order valence-electron chi connectivity index (χ2n) is 5.18. The molecule has 8 heteroatoms. The van der Waals surface area contributed by atoms with Gasteiger partial charge in [0.1, 0.15) is 6.54 Å². The smallest absolute Gasteiger partial charge is 0.320 e. The van der Waals surface area contributed by atoms with Crippen LogP contribution in [0, 0.1) is 0 Å². The van der Waals surface area contributed by atoms with Gasteiger partial charge in [0.2, 0.25) is 5.91 Å². The summed E-state index contributed by atoms with van der Waals surface area (Å²) in [5.74, 6) is -1.39. The fourth-order valence-corrected chi connectivity index (χ4v) is 2.27. The number of urea groups is 1. The van der Waals surface area contributed by atoms with Gasteiger partial charge in [-0.05, 0) is 6.42 Å². The molecule has 0 spiro atoms. The van der Waals surface area contributed by atoms with Crippen molar-refractivity contribution in [2.45, 2.75) is 19.8 Å². The Morgan fingerprint density at radius 3 is 2.29 bits per heavy atom. The molecule has 1 heterocycles. The molecule has 1 rings (SSSR count). The number of piperazine rings is 1. The van der Waals surface area contributed by atoms with Gasteiger partial charge in [-0.3, -0.25) is 14.5 Å². The summed E-state index contributed by atoms with van der Waals surface area (Å²) in [5, 5.41) is 8.74. The second-order valence-corrected chi connectivity index (χ2v) is 5.18. The van der Waals surface area contributed by atoms with Gasteiger partial charge in [-0.15, -0.1) is 0 Å². The van der Waals surface area contributed by atoms with E-state index in [0.29, 0.717) is 32.7 Å². The summed E-state index contributed by atoms with van der Waals surface area (Å²) in [6.07, 6.45) is 1.74. The summed E-state index contributed by atoms with van der Waals surface area (Å²) in [5.41, 5.74) is 5.18. The number of rotatable bonds is 7. The molecule has 0 radical (unpaired) electrons. The molecule has 1 fully saturated rings. The molecular formula is C13H24N4O4. The minimum absolute atomic E-state index is 0.0110. The number of hydrogen-bond acceptors (Lipinski definition) is 4. The number of nitrogens with two attached hydrogens (primary N) is 1. The molecule has 1 aliphatic heterocycles. The average Bonchev–Trinajstić information content (AvgIpc) is 2.42. The Morgan fingerprint density at radius 2 is 1.81 bits per heavy atom. The van der Waals surface area contributed by atoms with E-state index in [2.05, 4.69) is 0 Å². The standard InChI is InChI=1S/C13H24N4O4/c1-2-3-4-17(9-11(14)18)13(21)16-7-5-15(6-8-16)10-12(19)20/h2-10H2,1H3,(H2,14,18)(H,19,20). The quantitative estimate of drug-likeness (QED) is 0.652. The van der Waals surface area contributed by atoms with Crippen LogP contribution in [0.25, 0.3) is 0 Å². The van der Waals surface area contributed by atoms with Crippen LogP contribution in [0.1, 0.15) is 19.8 Å². The second kappa shape index (κ2) is 8.46. The number of carbonyl (C=O) groups excluding carboxylic acids is 2. The fourth-order valence-electron chi connectivity index (χ4n) is 2.27. The summed E-state index contributed by atoms with van der Waals surface area (Å²) >= 11 is 0. The molecule has 0 atom stereocenters. The van der Waals surface area contributed by atoms with E-state index >= 15 is 0 Å². The van der Waals surface area contributed by atoms with Crippen LogP contribution >= 0.6 is 0 Å². The Morgan fingerprint density at radius 1 is 1.19 bits per heavy atom. The van der Waals surface area contributed by atoms with Crippen molar-refractivity contribution in [2.75, 3.05) is 45.8 Å². The predicted octanol–water partition coefficient (Wildman–Crippen LogP) is -0.604. The van der Waals surface area contributed by atoms with Crippen LogP contribution < -0.4 is 5.73 Å². The van der Waals surface area contributed by atoms with Crippen molar-refractivity contribution in [3.8, 4) is 0 Å². The number of nitrogens with zero attached hydrogens (tertiary/aromatic N) is 3. The van der Waals surface area contributed by atoms with E-state index in [-0.39, 0.29) is 19.1 Å². The molecule has 0 aromatic carbocycles. The molecule has 1 aliphatic rings. The highest BCUT2D eigenvalue weighted by molar-refractivity contribution is 5.83. The first kappa shape index (κ1) is 17.2. The molecule has 0 aliphatic carbocycles. The molecule has 0 aromatic rings. The molecular weight excluding hydrogens is 276 g/mol. The van der Waals surface area contributed by atoms with Crippen LogP contribution in [0.3, 0.4) is 0 Å². The summed E-state index contributed by atoms with van der Waals surface area (Å²) in [6, 6.07) is -0.197. The van der Waals surface area contributed by atoms with E-state index in [0.717, 1.165) is 12.8 Å². The first-order valence-corrected chi connectivity index (χ1v) is 7.20. The largest absolute Gasteiger partial charge is 0.480 e. The van der Waals surface area contributed by atoms with Gasteiger partial charge in [-0.1, -0.05) is 13.3 Å². The van der Waals surface area contributed by atoms with Crippen molar-refractivity contribution in [3.63, 3.8) is 0 Å². The first-order chi connectivity index (χ1) is 9.93. The lowest BCUT2D eigenvalue weighted by Crippen LogP contribution is -2.54. The number of primary amides is 1. The van der Waals surface area contributed by atoms with E-state index in [9.17, 15) is 14.4 Å². The van der Waals surface area contributed by atoms with Crippen LogP contribution in [0.15, 0.2) is 0 Å². The number of aliphatic carboxylic acids is 1. The molecule has 0 saturated carbocycles. The van der Waals surface area contributed by atoms with E-state index in [1.54, 1.807) is 9.80 Å². The third-order valence-electron chi connectivity index (χ3n) is 3.40. The monoisotopic (exact) mass is 300 g/mol. The van der Waals surface area contributed by atoms with Gasteiger partial charge in [0.25, 0.3) is 0 Å². The van der Waals surface area contributed by atoms with Crippen molar-refractivity contribution < 1.29 is 19.5 Å². The van der Waals surface area contributed by atoms with Gasteiger partial charge in [0.05, 0.1) is 6.54 Å². The summed E-state index contributed by atoms with van der Waals surface area (Å²) in [7, 11) is 0. The summed E-state index contributed by atoms with van der Waals surface area (Å²) < 4.78 is 0. The summed E-state index contributed by atoms with van der Waals surface area (Å²) in [4.78, 5) is 39.0. The van der Waals surface area contributed by atoms with Gasteiger partial charge in [-0.2, -0.15) is 0 Å². The highest BCUT2D eigenvalue weighted by atomic mass is 16.4. The third-order valence-corrected chi connectivity index (χ3v) is 3.40. The van der Waals surface area contributed by atoms with Gasteiger partial charge in [0.15, 0.2) is 0 Å². The third kappa shape index (κ3) is 5.99. The fraction of sp³-hybridized carbons (Fsp3) is 0.769. The molecule has 0 unspecified atom stereocenters. The Bertz CT molecular complexity index is 380. The molecule has 120 valence electrons. The minimum atomic E-state index is -0.868. The lowest BCUT2D eigenvalue weighted by atomic mass is 10.3. The maximum absolute atomic E-state index is 12.4. The van der Waals surface area contributed by atoms with Crippen molar-refractivity contribution in [1.82, 2.24) is 14.7 Å². The molecule has 3 N–H and O–H groups in total. The molecule has 21 heavy (non-hydrogen) atoms. The number of carboxylic acids is 1. The van der Waals surface area contributed by atoms with E-state index < -0.39 is 11.9 Å². The van der Waals surface area contributed by atoms with Crippen LogP contribution in [0.5, 0.6) is 0 Å². The maximum Gasteiger partial charge on any atom is 0.320 e.